The van der Waals surface area contributed by atoms with E-state index in [1.165, 1.54) is 18.8 Å². The van der Waals surface area contributed by atoms with Gasteiger partial charge >= 0.3 is 0 Å². The van der Waals surface area contributed by atoms with Gasteiger partial charge in [-0.3, -0.25) is 0 Å². The van der Waals surface area contributed by atoms with Crippen LogP contribution in [0.25, 0.3) is 0 Å². The number of nitrogens with zero attached hydrogens (tertiary/aromatic N) is 1. The van der Waals surface area contributed by atoms with Crippen molar-refractivity contribution >= 4 is 11.8 Å². The predicted octanol–water partition coefficient (Wildman–Crippen LogP) is 2.21. The maximum absolute atomic E-state index is 5.55. The molecule has 1 fully saturated rings. The van der Waals surface area contributed by atoms with Gasteiger partial charge in [-0.25, -0.2) is 0 Å². The largest absolute Gasteiger partial charge is 0.353 e. The molecule has 0 aromatic carbocycles. The van der Waals surface area contributed by atoms with Crippen LogP contribution >= 0.6 is 11.8 Å². The molecular formula is C12H25NO2S. The summed E-state index contributed by atoms with van der Waals surface area (Å²) in [5, 5.41) is 0.770. The van der Waals surface area contributed by atoms with Crippen molar-refractivity contribution in [1.82, 2.24) is 4.90 Å². The molecule has 1 unspecified atom stereocenters. The summed E-state index contributed by atoms with van der Waals surface area (Å²) in [6.07, 6.45) is 0.971. The van der Waals surface area contributed by atoms with Gasteiger partial charge in [-0.1, -0.05) is 6.92 Å². The highest BCUT2D eigenvalue weighted by Gasteiger charge is 2.18. The first-order valence-electron chi connectivity index (χ1n) is 6.33. The molecule has 0 amide bonds. The Morgan fingerprint density at radius 3 is 2.56 bits per heavy atom. The van der Waals surface area contributed by atoms with Gasteiger partial charge in [-0.2, -0.15) is 11.8 Å². The molecule has 0 aromatic rings. The Morgan fingerprint density at radius 2 is 2.00 bits per heavy atom. The second kappa shape index (κ2) is 8.34. The predicted molar refractivity (Wildman–Crippen MR) is 70.0 cm³/mol. The van der Waals surface area contributed by atoms with Crippen LogP contribution in [-0.2, 0) is 9.47 Å². The van der Waals surface area contributed by atoms with Crippen molar-refractivity contribution in [2.24, 2.45) is 0 Å². The summed E-state index contributed by atoms with van der Waals surface area (Å²) in [7, 11) is 0. The number of thioether (sulfide) groups is 1. The standard InChI is InChI=1S/C12H25NO2S/c1-4-14-12(15-5-2)6-7-13-8-9-16-11(3)10-13/h11-12H,4-10H2,1-3H3. The highest BCUT2D eigenvalue weighted by atomic mass is 32.2. The number of rotatable bonds is 7. The van der Waals surface area contributed by atoms with E-state index in [0.29, 0.717) is 0 Å². The average Bonchev–Trinajstić information content (AvgIpc) is 2.27. The summed E-state index contributed by atoms with van der Waals surface area (Å²) in [4.78, 5) is 2.52. The van der Waals surface area contributed by atoms with E-state index >= 15 is 0 Å². The van der Waals surface area contributed by atoms with Crippen LogP contribution < -0.4 is 0 Å². The maximum atomic E-state index is 5.55. The second-order valence-corrected chi connectivity index (χ2v) is 5.66. The van der Waals surface area contributed by atoms with Crippen molar-refractivity contribution in [2.45, 2.75) is 38.7 Å². The van der Waals surface area contributed by atoms with Gasteiger partial charge in [0.2, 0.25) is 0 Å². The summed E-state index contributed by atoms with van der Waals surface area (Å²) >= 11 is 2.07. The third-order valence-corrected chi connectivity index (χ3v) is 3.85. The summed E-state index contributed by atoms with van der Waals surface area (Å²) in [5.41, 5.74) is 0. The minimum atomic E-state index is -0.0140. The fourth-order valence-corrected chi connectivity index (χ4v) is 3.05. The first-order valence-corrected chi connectivity index (χ1v) is 7.38. The van der Waals surface area contributed by atoms with E-state index in [0.717, 1.165) is 31.4 Å². The fraction of sp³-hybridized carbons (Fsp3) is 1.00. The van der Waals surface area contributed by atoms with Crippen molar-refractivity contribution < 1.29 is 9.47 Å². The molecule has 0 N–H and O–H groups in total. The molecule has 96 valence electrons. The molecule has 1 heterocycles. The van der Waals surface area contributed by atoms with Crippen molar-refractivity contribution in [3.05, 3.63) is 0 Å². The third-order valence-electron chi connectivity index (χ3n) is 2.71. The van der Waals surface area contributed by atoms with Crippen LogP contribution in [0.3, 0.4) is 0 Å². The lowest BCUT2D eigenvalue weighted by Gasteiger charge is -2.31. The van der Waals surface area contributed by atoms with Gasteiger partial charge in [0.1, 0.15) is 0 Å². The lowest BCUT2D eigenvalue weighted by atomic mass is 10.3. The molecule has 1 atom stereocenters. The first kappa shape index (κ1) is 14.3. The van der Waals surface area contributed by atoms with Crippen LogP contribution in [0, 0.1) is 0 Å². The lowest BCUT2D eigenvalue weighted by molar-refractivity contribution is -0.141. The Labute approximate surface area is 104 Å². The van der Waals surface area contributed by atoms with Crippen molar-refractivity contribution in [3.63, 3.8) is 0 Å². The monoisotopic (exact) mass is 247 g/mol. The molecule has 3 nitrogen and oxygen atoms in total. The maximum Gasteiger partial charge on any atom is 0.158 e. The zero-order chi connectivity index (χ0) is 11.8. The van der Waals surface area contributed by atoms with Crippen LogP contribution in [0.2, 0.25) is 0 Å². The van der Waals surface area contributed by atoms with E-state index in [2.05, 4.69) is 23.6 Å². The van der Waals surface area contributed by atoms with E-state index in [1.54, 1.807) is 0 Å². The molecule has 1 aliphatic rings. The number of hydrogen-bond donors (Lipinski definition) is 0. The normalized spacial score (nSPS) is 22.9. The molecule has 0 aromatic heterocycles. The van der Waals surface area contributed by atoms with Gasteiger partial charge in [0.05, 0.1) is 0 Å². The van der Waals surface area contributed by atoms with Gasteiger partial charge in [-0.15, -0.1) is 0 Å². The van der Waals surface area contributed by atoms with Crippen LogP contribution in [0.15, 0.2) is 0 Å². The lowest BCUT2D eigenvalue weighted by Crippen LogP contribution is -2.38. The van der Waals surface area contributed by atoms with E-state index < -0.39 is 0 Å². The minimum Gasteiger partial charge on any atom is -0.353 e. The van der Waals surface area contributed by atoms with Crippen LogP contribution in [0.4, 0.5) is 0 Å². The van der Waals surface area contributed by atoms with Gasteiger partial charge in [0.15, 0.2) is 6.29 Å². The van der Waals surface area contributed by atoms with E-state index in [-0.39, 0.29) is 6.29 Å². The topological polar surface area (TPSA) is 21.7 Å². The zero-order valence-corrected chi connectivity index (χ0v) is 11.6. The molecule has 4 heteroatoms. The highest BCUT2D eigenvalue weighted by molar-refractivity contribution is 7.99. The van der Waals surface area contributed by atoms with E-state index in [1.807, 2.05) is 13.8 Å². The molecule has 1 aliphatic heterocycles. The third kappa shape index (κ3) is 5.53. The number of ether oxygens (including phenoxy) is 2. The molecule has 0 radical (unpaired) electrons. The van der Waals surface area contributed by atoms with Crippen molar-refractivity contribution in [3.8, 4) is 0 Å². The molecule has 0 spiro atoms. The molecule has 0 bridgehead atoms. The molecule has 0 aliphatic carbocycles. The van der Waals surface area contributed by atoms with E-state index in [4.69, 9.17) is 9.47 Å². The molecule has 1 rings (SSSR count). The van der Waals surface area contributed by atoms with Crippen molar-refractivity contribution in [1.29, 1.82) is 0 Å². The van der Waals surface area contributed by atoms with E-state index in [9.17, 15) is 0 Å². The van der Waals surface area contributed by atoms with Crippen LogP contribution in [-0.4, -0.2) is 55.0 Å². The van der Waals surface area contributed by atoms with Gasteiger partial charge in [0.25, 0.3) is 0 Å². The Kier molecular flexibility index (Phi) is 7.45. The highest BCUT2D eigenvalue weighted by Crippen LogP contribution is 2.18. The minimum absolute atomic E-state index is 0.0140. The number of hydrogen-bond acceptors (Lipinski definition) is 4. The summed E-state index contributed by atoms with van der Waals surface area (Å²) in [6.45, 7) is 11.3. The van der Waals surface area contributed by atoms with Gasteiger partial charge in [-0.05, 0) is 13.8 Å². The Morgan fingerprint density at radius 1 is 1.31 bits per heavy atom. The van der Waals surface area contributed by atoms with Gasteiger partial charge < -0.3 is 14.4 Å². The summed E-state index contributed by atoms with van der Waals surface area (Å²) < 4.78 is 11.1. The Bertz CT molecular complexity index is 170. The first-order chi connectivity index (χ1) is 7.76. The summed E-state index contributed by atoms with van der Waals surface area (Å²) in [6, 6.07) is 0. The molecule has 16 heavy (non-hydrogen) atoms. The Hall–Kier alpha value is 0.230. The van der Waals surface area contributed by atoms with Crippen molar-refractivity contribution in [2.75, 3.05) is 38.6 Å². The zero-order valence-electron chi connectivity index (χ0n) is 10.8. The summed E-state index contributed by atoms with van der Waals surface area (Å²) in [5.74, 6) is 1.26. The molecule has 1 saturated heterocycles. The quantitative estimate of drug-likeness (QED) is 0.643. The molecular weight excluding hydrogens is 222 g/mol. The second-order valence-electron chi connectivity index (χ2n) is 4.11. The van der Waals surface area contributed by atoms with Crippen LogP contribution in [0.5, 0.6) is 0 Å². The SMILES string of the molecule is CCOC(CCN1CCSC(C)C1)OCC. The smallest absolute Gasteiger partial charge is 0.158 e. The Balaban J connectivity index is 2.19. The fourth-order valence-electron chi connectivity index (χ4n) is 1.97. The average molecular weight is 247 g/mol. The molecule has 0 saturated carbocycles. The van der Waals surface area contributed by atoms with Crippen LogP contribution in [0.1, 0.15) is 27.2 Å². The van der Waals surface area contributed by atoms with Gasteiger partial charge in [0, 0.05) is 50.3 Å².